The molecule has 1 nitrogen and oxygen atoms in total. The molecule has 96 valence electrons. The highest BCUT2D eigenvalue weighted by molar-refractivity contribution is 7.92. The number of thiocarbonyl (C=S) groups is 1. The second-order valence-corrected chi connectivity index (χ2v) is 19.7. The van der Waals surface area contributed by atoms with Crippen LogP contribution in [-0.4, -0.2) is 36.2 Å². The van der Waals surface area contributed by atoms with Crippen molar-refractivity contribution in [2.75, 3.05) is 0 Å². The van der Waals surface area contributed by atoms with Gasteiger partial charge in [0, 0.05) is 15.3 Å². The maximum absolute atomic E-state index is 9.53. The highest BCUT2D eigenvalue weighted by Crippen LogP contribution is 2.39. The van der Waals surface area contributed by atoms with Crippen molar-refractivity contribution in [1.82, 2.24) is 0 Å². The maximum Gasteiger partial charge on any atom is 0.0649 e. The molecular weight excluding hydrogens is 268 g/mol. The van der Waals surface area contributed by atoms with Gasteiger partial charge in [-0.3, -0.25) is 0 Å². The predicted octanol–water partition coefficient (Wildman–Crippen LogP) is 3.55. The van der Waals surface area contributed by atoms with E-state index in [4.69, 9.17) is 24.8 Å². The fourth-order valence-corrected chi connectivity index (χ4v) is 15.4. The molecule has 0 aromatic heterocycles. The van der Waals surface area contributed by atoms with Crippen molar-refractivity contribution in [3.05, 3.63) is 0 Å². The minimum Gasteiger partial charge on any atom is -0.393 e. The van der Waals surface area contributed by atoms with Crippen LogP contribution in [0, 0.1) is 0 Å². The minimum absolute atomic E-state index is 0.0909. The van der Waals surface area contributed by atoms with Gasteiger partial charge >= 0.3 is 0 Å². The van der Waals surface area contributed by atoms with Gasteiger partial charge in [-0.05, 0) is 6.92 Å². The molecule has 5 heteroatoms. The third-order valence-electron chi connectivity index (χ3n) is 3.06. The number of rotatable bonds is 5. The Morgan fingerprint density at radius 1 is 1.19 bits per heavy atom. The molecule has 0 radical (unpaired) electrons. The van der Waals surface area contributed by atoms with Crippen LogP contribution in [-0.2, 0) is 0 Å². The largest absolute Gasteiger partial charge is 0.393 e. The van der Waals surface area contributed by atoms with Crippen LogP contribution in [0.5, 0.6) is 0 Å². The molecular formula is C11H26OS2Si2. The molecule has 0 aromatic rings. The van der Waals surface area contributed by atoms with Crippen molar-refractivity contribution in [3.8, 4) is 0 Å². The summed E-state index contributed by atoms with van der Waals surface area (Å²) in [6.45, 7) is 15.8. The first-order chi connectivity index (χ1) is 6.84. The van der Waals surface area contributed by atoms with E-state index < -0.39 is 16.1 Å². The average Bonchev–Trinajstić information content (AvgIpc) is 1.96. The van der Waals surface area contributed by atoms with Gasteiger partial charge < -0.3 is 5.11 Å². The van der Waals surface area contributed by atoms with Gasteiger partial charge in [-0.15, -0.1) is 0 Å². The normalized spacial score (nSPS) is 16.1. The summed E-state index contributed by atoms with van der Waals surface area (Å²) in [5.74, 6) is 0. The molecule has 1 N–H and O–H groups in total. The second-order valence-electron chi connectivity index (χ2n) is 6.69. The lowest BCUT2D eigenvalue weighted by Gasteiger charge is -2.49. The average molecular weight is 295 g/mol. The number of thiol groups is 1. The van der Waals surface area contributed by atoms with Crippen molar-refractivity contribution in [2.45, 2.75) is 62.7 Å². The molecule has 0 aromatic carbocycles. The summed E-state index contributed by atoms with van der Waals surface area (Å²) in [5, 5.41) is 9.53. The van der Waals surface area contributed by atoms with E-state index in [2.05, 4.69) is 39.3 Å². The van der Waals surface area contributed by atoms with Crippen LogP contribution in [0.1, 0.15) is 13.3 Å². The molecule has 1 atom stereocenters. The molecule has 0 spiro atoms. The summed E-state index contributed by atoms with van der Waals surface area (Å²) in [6, 6.07) is 0. The lowest BCUT2D eigenvalue weighted by Crippen LogP contribution is -2.67. The van der Waals surface area contributed by atoms with E-state index in [-0.39, 0.29) is 10.1 Å². The number of hydrogen-bond acceptors (Lipinski definition) is 3. The Bertz CT molecular complexity index is 250. The summed E-state index contributed by atoms with van der Waals surface area (Å²) in [6.07, 6.45) is 0.250. The Morgan fingerprint density at radius 3 is 1.69 bits per heavy atom. The topological polar surface area (TPSA) is 20.2 Å². The fourth-order valence-electron chi connectivity index (χ4n) is 2.38. The van der Waals surface area contributed by atoms with Crippen molar-refractivity contribution >= 4 is 45.9 Å². The van der Waals surface area contributed by atoms with Gasteiger partial charge in [0.2, 0.25) is 0 Å². The van der Waals surface area contributed by atoms with E-state index in [1.54, 1.807) is 6.92 Å². The van der Waals surface area contributed by atoms with Crippen LogP contribution in [0.4, 0.5) is 0 Å². The summed E-state index contributed by atoms with van der Waals surface area (Å²) in [7, 11) is -3.01. The number of hydrogen-bond donors (Lipinski definition) is 2. The molecule has 0 unspecified atom stereocenters. The van der Waals surface area contributed by atoms with E-state index in [0.29, 0.717) is 6.42 Å². The van der Waals surface area contributed by atoms with E-state index in [1.165, 1.54) is 0 Å². The van der Waals surface area contributed by atoms with E-state index >= 15 is 0 Å². The zero-order valence-electron chi connectivity index (χ0n) is 11.6. The van der Waals surface area contributed by atoms with Crippen LogP contribution >= 0.6 is 24.8 Å². The van der Waals surface area contributed by atoms with Gasteiger partial charge in [0.1, 0.15) is 0 Å². The van der Waals surface area contributed by atoms with Gasteiger partial charge in [0.15, 0.2) is 0 Å². The molecule has 0 fully saturated rings. The predicted molar refractivity (Wildman–Crippen MR) is 87.3 cm³/mol. The van der Waals surface area contributed by atoms with Crippen LogP contribution in [0.2, 0.25) is 39.3 Å². The van der Waals surface area contributed by atoms with E-state index in [9.17, 15) is 5.11 Å². The van der Waals surface area contributed by atoms with Crippen LogP contribution in [0.25, 0.3) is 0 Å². The highest BCUT2D eigenvalue weighted by atomic mass is 32.1. The summed E-state index contributed by atoms with van der Waals surface area (Å²) in [5.41, 5.74) is 0. The van der Waals surface area contributed by atoms with Crippen LogP contribution < -0.4 is 0 Å². The van der Waals surface area contributed by atoms with E-state index in [0.717, 1.165) is 4.86 Å². The van der Waals surface area contributed by atoms with Gasteiger partial charge in [0.05, 0.1) is 22.3 Å². The molecule has 0 aliphatic heterocycles. The summed E-state index contributed by atoms with van der Waals surface area (Å²) in [4.78, 5) is 0.976. The monoisotopic (exact) mass is 294 g/mol. The number of aliphatic hydroxyl groups excluding tert-OH is 1. The molecule has 0 aliphatic rings. The second kappa shape index (κ2) is 5.22. The van der Waals surface area contributed by atoms with Gasteiger partial charge in [-0.2, -0.15) is 12.6 Å². The molecule has 0 heterocycles. The van der Waals surface area contributed by atoms with Crippen LogP contribution in [0.15, 0.2) is 0 Å². The SMILES string of the molecule is C[C@@H](O)CC(=S)C(S)([Si](C)(C)C)[Si](C)(C)C. The van der Waals surface area contributed by atoms with Crippen molar-refractivity contribution in [2.24, 2.45) is 0 Å². The first kappa shape index (κ1) is 16.8. The van der Waals surface area contributed by atoms with E-state index in [1.807, 2.05) is 0 Å². The Kier molecular flexibility index (Phi) is 5.49. The first-order valence-corrected chi connectivity index (χ1v) is 13.6. The zero-order chi connectivity index (χ0) is 13.4. The number of aliphatic hydroxyl groups is 1. The fraction of sp³-hybridized carbons (Fsp3) is 0.909. The smallest absolute Gasteiger partial charge is 0.0649 e. The zero-order valence-corrected chi connectivity index (χ0v) is 15.3. The highest BCUT2D eigenvalue weighted by Gasteiger charge is 2.52. The third kappa shape index (κ3) is 3.41. The van der Waals surface area contributed by atoms with Crippen molar-refractivity contribution in [1.29, 1.82) is 0 Å². The van der Waals surface area contributed by atoms with Gasteiger partial charge in [-0.25, -0.2) is 0 Å². The Hall–Kier alpha value is 0.834. The molecule has 0 aliphatic carbocycles. The molecule has 16 heavy (non-hydrogen) atoms. The molecule has 0 rings (SSSR count). The quantitative estimate of drug-likeness (QED) is 0.459. The van der Waals surface area contributed by atoms with Crippen molar-refractivity contribution in [3.63, 3.8) is 0 Å². The third-order valence-corrected chi connectivity index (χ3v) is 17.8. The molecule has 0 amide bonds. The van der Waals surface area contributed by atoms with Crippen molar-refractivity contribution < 1.29 is 5.11 Å². The van der Waals surface area contributed by atoms with Crippen LogP contribution in [0.3, 0.4) is 0 Å². The minimum atomic E-state index is -1.50. The Balaban J connectivity index is 5.36. The standard InChI is InChI=1S/C11H26OS2Si2/c1-9(12)8-10(13)11(14,15(2,3)4)16(5,6)7/h9,12,14H,8H2,1-7H3/t9-/m1/s1. The summed E-state index contributed by atoms with van der Waals surface area (Å²) >= 11 is 10.6. The lowest BCUT2D eigenvalue weighted by atomic mass is 10.2. The lowest BCUT2D eigenvalue weighted by molar-refractivity contribution is 0.203. The molecule has 0 saturated carbocycles. The molecule has 0 bridgehead atoms. The van der Waals surface area contributed by atoms with Gasteiger partial charge in [0.25, 0.3) is 0 Å². The first-order valence-electron chi connectivity index (χ1n) is 5.78. The summed E-state index contributed by atoms with van der Waals surface area (Å²) < 4.78 is -0.0909. The Morgan fingerprint density at radius 2 is 1.50 bits per heavy atom. The molecule has 0 saturated heterocycles. The Labute approximate surface area is 113 Å². The maximum atomic E-state index is 9.53. The van der Waals surface area contributed by atoms with Gasteiger partial charge in [-0.1, -0.05) is 51.5 Å².